The van der Waals surface area contributed by atoms with Gasteiger partial charge in [-0.2, -0.15) is 0 Å². The Kier molecular flexibility index (Phi) is 5.59. The third kappa shape index (κ3) is 3.22. The summed E-state index contributed by atoms with van der Waals surface area (Å²) in [6.07, 6.45) is 2.31. The van der Waals surface area contributed by atoms with Crippen LogP contribution >= 0.6 is 0 Å². The molecule has 0 amide bonds. The summed E-state index contributed by atoms with van der Waals surface area (Å²) in [7, 11) is 0. The van der Waals surface area contributed by atoms with Crippen molar-refractivity contribution < 1.29 is 29.5 Å². The maximum atomic E-state index is 13.0. The monoisotopic (exact) mass is 476 g/mol. The van der Waals surface area contributed by atoms with Crippen molar-refractivity contribution in [1.29, 1.82) is 0 Å². The SMILES string of the molecule is CC1=CC23C(C)CC4C(C(C=C5COC(C)(C)OC5C2(O)C1OC(O)CC(C)C)C3O)C4(C)C. The van der Waals surface area contributed by atoms with Gasteiger partial charge in [0, 0.05) is 12.3 Å². The van der Waals surface area contributed by atoms with E-state index >= 15 is 0 Å². The minimum Gasteiger partial charge on any atom is -0.391 e. The van der Waals surface area contributed by atoms with Gasteiger partial charge >= 0.3 is 0 Å². The quantitative estimate of drug-likeness (QED) is 0.423. The first-order valence-corrected chi connectivity index (χ1v) is 13.1. The molecule has 2 saturated carbocycles. The van der Waals surface area contributed by atoms with E-state index in [1.165, 1.54) is 0 Å². The standard InChI is InChI=1S/C28H44O6/c1-14(2)9-20(29)33-23-15(3)12-27-16(4)10-19-21(25(19,5)6)18(22(27)30)11-17-13-32-26(7,8)34-24(17)28(23,27)31/h11-12,14,16,18-24,29-31H,9-10,13H2,1-8H3. The summed E-state index contributed by atoms with van der Waals surface area (Å²) in [5.74, 6) is 0.0817. The fourth-order valence-corrected chi connectivity index (χ4v) is 8.25. The minimum absolute atomic E-state index is 0.000117. The molecule has 34 heavy (non-hydrogen) atoms. The van der Waals surface area contributed by atoms with Gasteiger partial charge in [0.2, 0.25) is 0 Å². The summed E-state index contributed by atoms with van der Waals surface area (Å²) in [5.41, 5.74) is -0.662. The molecule has 5 rings (SSSR count). The van der Waals surface area contributed by atoms with E-state index in [2.05, 4.69) is 32.9 Å². The molecule has 4 aliphatic carbocycles. The van der Waals surface area contributed by atoms with E-state index < -0.39 is 41.4 Å². The molecule has 192 valence electrons. The van der Waals surface area contributed by atoms with E-state index in [0.717, 1.165) is 17.6 Å². The molecule has 1 heterocycles. The second kappa shape index (κ2) is 7.62. The van der Waals surface area contributed by atoms with Gasteiger partial charge in [-0.3, -0.25) is 0 Å². The van der Waals surface area contributed by atoms with Crippen molar-refractivity contribution in [2.24, 2.45) is 40.4 Å². The summed E-state index contributed by atoms with van der Waals surface area (Å²) in [6.45, 7) is 16.8. The van der Waals surface area contributed by atoms with Gasteiger partial charge in [-0.05, 0) is 67.4 Å². The Hall–Kier alpha value is -0.760. The molecular weight excluding hydrogens is 432 g/mol. The molecule has 0 aromatic heterocycles. The Morgan fingerprint density at radius 3 is 2.53 bits per heavy atom. The van der Waals surface area contributed by atoms with Gasteiger partial charge in [-0.1, -0.05) is 46.8 Å². The van der Waals surface area contributed by atoms with Crippen molar-refractivity contribution in [2.45, 2.75) is 104 Å². The number of aliphatic hydroxyl groups is 3. The van der Waals surface area contributed by atoms with Crippen LogP contribution in [0, 0.1) is 40.4 Å². The van der Waals surface area contributed by atoms with Crippen molar-refractivity contribution in [1.82, 2.24) is 0 Å². The van der Waals surface area contributed by atoms with Gasteiger partial charge in [0.05, 0.1) is 18.1 Å². The molecule has 5 aliphatic rings. The molecular formula is C28H44O6. The van der Waals surface area contributed by atoms with Crippen LogP contribution in [-0.4, -0.2) is 57.9 Å². The first-order chi connectivity index (χ1) is 15.7. The number of aliphatic hydroxyl groups excluding tert-OH is 2. The predicted octanol–water partition coefficient (Wildman–Crippen LogP) is 3.79. The predicted molar refractivity (Wildman–Crippen MR) is 129 cm³/mol. The highest BCUT2D eigenvalue weighted by molar-refractivity contribution is 5.44. The molecule has 0 aromatic carbocycles. The first kappa shape index (κ1) is 24.9. The summed E-state index contributed by atoms with van der Waals surface area (Å²) >= 11 is 0. The Morgan fingerprint density at radius 2 is 1.88 bits per heavy atom. The van der Waals surface area contributed by atoms with E-state index in [1.807, 2.05) is 34.6 Å². The second-order valence-electron chi connectivity index (χ2n) is 13.3. The molecule has 1 aliphatic heterocycles. The zero-order valence-electron chi connectivity index (χ0n) is 22.0. The Morgan fingerprint density at radius 1 is 1.21 bits per heavy atom. The van der Waals surface area contributed by atoms with Gasteiger partial charge < -0.3 is 29.5 Å². The molecule has 1 spiro atoms. The number of hydrogen-bond acceptors (Lipinski definition) is 6. The number of ether oxygens (including phenoxy) is 3. The lowest BCUT2D eigenvalue weighted by Gasteiger charge is -2.55. The average Bonchev–Trinajstić information content (AvgIpc) is 3.20. The molecule has 2 bridgehead atoms. The van der Waals surface area contributed by atoms with E-state index in [0.29, 0.717) is 24.9 Å². The van der Waals surface area contributed by atoms with Gasteiger partial charge in [0.1, 0.15) is 17.8 Å². The molecule has 0 aromatic rings. The smallest absolute Gasteiger partial charge is 0.164 e. The van der Waals surface area contributed by atoms with Gasteiger partial charge in [0.15, 0.2) is 12.1 Å². The molecule has 3 N–H and O–H groups in total. The molecule has 6 nitrogen and oxygen atoms in total. The Bertz CT molecular complexity index is 905. The fourth-order valence-electron chi connectivity index (χ4n) is 8.25. The Labute approximate surface area is 204 Å². The van der Waals surface area contributed by atoms with Crippen molar-refractivity contribution in [3.05, 3.63) is 23.3 Å². The van der Waals surface area contributed by atoms with Crippen LogP contribution in [0.4, 0.5) is 0 Å². The highest BCUT2D eigenvalue weighted by atomic mass is 16.7. The summed E-state index contributed by atoms with van der Waals surface area (Å²) in [5, 5.41) is 36.0. The molecule has 10 atom stereocenters. The van der Waals surface area contributed by atoms with E-state index in [4.69, 9.17) is 14.2 Å². The summed E-state index contributed by atoms with van der Waals surface area (Å²) in [6, 6.07) is 0. The van der Waals surface area contributed by atoms with Crippen LogP contribution in [0.1, 0.15) is 68.2 Å². The summed E-state index contributed by atoms with van der Waals surface area (Å²) < 4.78 is 18.8. The number of fused-ring (bicyclic) bond motifs is 5. The molecule has 1 saturated heterocycles. The third-order valence-electron chi connectivity index (χ3n) is 9.90. The van der Waals surface area contributed by atoms with E-state index in [9.17, 15) is 15.3 Å². The normalized spacial score (nSPS) is 49.1. The first-order valence-electron chi connectivity index (χ1n) is 13.1. The molecule has 10 unspecified atom stereocenters. The van der Waals surface area contributed by atoms with Crippen LogP contribution in [0.2, 0.25) is 0 Å². The van der Waals surface area contributed by atoms with Crippen LogP contribution in [0.25, 0.3) is 0 Å². The molecule has 3 fully saturated rings. The maximum Gasteiger partial charge on any atom is 0.164 e. The van der Waals surface area contributed by atoms with Crippen molar-refractivity contribution >= 4 is 0 Å². The minimum atomic E-state index is -1.57. The number of rotatable bonds is 4. The van der Waals surface area contributed by atoms with Gasteiger partial charge in [-0.15, -0.1) is 0 Å². The van der Waals surface area contributed by atoms with Gasteiger partial charge in [0.25, 0.3) is 0 Å². The Balaban J connectivity index is 1.68. The molecule has 6 heteroatoms. The lowest BCUT2D eigenvalue weighted by molar-refractivity contribution is -0.323. The zero-order valence-corrected chi connectivity index (χ0v) is 22.0. The maximum absolute atomic E-state index is 13.0. The lowest BCUT2D eigenvalue weighted by atomic mass is 9.58. The summed E-state index contributed by atoms with van der Waals surface area (Å²) in [4.78, 5) is 0. The van der Waals surface area contributed by atoms with Crippen molar-refractivity contribution in [2.75, 3.05) is 6.61 Å². The van der Waals surface area contributed by atoms with Gasteiger partial charge in [-0.25, -0.2) is 0 Å². The van der Waals surface area contributed by atoms with Crippen LogP contribution < -0.4 is 0 Å². The number of hydrogen-bond donors (Lipinski definition) is 3. The second-order valence-corrected chi connectivity index (χ2v) is 13.3. The van der Waals surface area contributed by atoms with E-state index in [-0.39, 0.29) is 23.2 Å². The zero-order chi connectivity index (χ0) is 25.0. The van der Waals surface area contributed by atoms with Crippen LogP contribution in [0.15, 0.2) is 23.3 Å². The van der Waals surface area contributed by atoms with Crippen molar-refractivity contribution in [3.63, 3.8) is 0 Å². The van der Waals surface area contributed by atoms with Crippen LogP contribution in [0.5, 0.6) is 0 Å². The third-order valence-corrected chi connectivity index (χ3v) is 9.90. The van der Waals surface area contributed by atoms with Crippen LogP contribution in [0.3, 0.4) is 0 Å². The highest BCUT2D eigenvalue weighted by Crippen LogP contribution is 2.73. The van der Waals surface area contributed by atoms with E-state index in [1.54, 1.807) is 0 Å². The lowest BCUT2D eigenvalue weighted by Crippen LogP contribution is -2.69. The topological polar surface area (TPSA) is 88.4 Å². The largest absolute Gasteiger partial charge is 0.391 e. The van der Waals surface area contributed by atoms with Crippen LogP contribution in [-0.2, 0) is 14.2 Å². The highest BCUT2D eigenvalue weighted by Gasteiger charge is 2.76. The van der Waals surface area contributed by atoms with Crippen molar-refractivity contribution in [3.8, 4) is 0 Å². The molecule has 0 radical (unpaired) electrons. The average molecular weight is 477 g/mol. The fraction of sp³-hybridized carbons (Fsp3) is 0.857.